The fourth-order valence-corrected chi connectivity index (χ4v) is 8.22. The van der Waals surface area contributed by atoms with Gasteiger partial charge < -0.3 is 14.6 Å². The first-order chi connectivity index (χ1) is 14.0. The van der Waals surface area contributed by atoms with Crippen molar-refractivity contribution < 1.29 is 5.11 Å². The number of aliphatic hydroxyl groups excluding tert-OH is 1. The van der Waals surface area contributed by atoms with Crippen LogP contribution in [0.25, 0.3) is 10.9 Å². The molecule has 4 fully saturated rings. The van der Waals surface area contributed by atoms with Crippen molar-refractivity contribution in [3.63, 3.8) is 0 Å². The fourth-order valence-electron chi connectivity index (χ4n) is 8.22. The lowest BCUT2D eigenvalue weighted by Gasteiger charge is -2.57. The lowest BCUT2D eigenvalue weighted by Crippen LogP contribution is -2.47. The maximum Gasteiger partial charge on any atom is 0.0724 e. The molecule has 1 aromatic heterocycles. The molecule has 29 heavy (non-hydrogen) atoms. The monoisotopic (exact) mass is 392 g/mol. The molecule has 1 aromatic carbocycles. The number of fused-ring (bicyclic) bond motifs is 3. The number of hydrogen-bond donors (Lipinski definition) is 1. The largest absolute Gasteiger partial charge is 0.391 e. The summed E-state index contributed by atoms with van der Waals surface area (Å²) in [6.45, 7) is 5.12. The summed E-state index contributed by atoms with van der Waals surface area (Å²) >= 11 is 0. The summed E-state index contributed by atoms with van der Waals surface area (Å²) < 4.78 is 2.49. The van der Waals surface area contributed by atoms with Crippen molar-refractivity contribution in [1.29, 1.82) is 0 Å². The summed E-state index contributed by atoms with van der Waals surface area (Å²) in [7, 11) is 2.23. The molecule has 3 nitrogen and oxygen atoms in total. The van der Waals surface area contributed by atoms with Gasteiger partial charge in [-0.3, -0.25) is 0 Å². The van der Waals surface area contributed by atoms with Crippen molar-refractivity contribution in [2.75, 3.05) is 13.6 Å². The average molecular weight is 393 g/mol. The number of likely N-dealkylation sites (N-methyl/N-ethyl adjacent to an activating group) is 1. The molecule has 156 valence electrons. The van der Waals surface area contributed by atoms with Gasteiger partial charge in [-0.05, 0) is 99.8 Å². The summed E-state index contributed by atoms with van der Waals surface area (Å²) in [6, 6.07) is 6.88. The predicted molar refractivity (Wildman–Crippen MR) is 118 cm³/mol. The third-order valence-corrected chi connectivity index (χ3v) is 8.83. The van der Waals surface area contributed by atoms with Crippen molar-refractivity contribution in [3.05, 3.63) is 35.0 Å². The van der Waals surface area contributed by atoms with Crippen molar-refractivity contribution in [3.8, 4) is 0 Å². The molecule has 2 aromatic rings. The van der Waals surface area contributed by atoms with Gasteiger partial charge in [-0.15, -0.1) is 0 Å². The highest BCUT2D eigenvalue weighted by Crippen LogP contribution is 2.61. The molecule has 5 aliphatic rings. The molecular formula is C26H36N2O. The van der Waals surface area contributed by atoms with Crippen LogP contribution in [0.2, 0.25) is 0 Å². The van der Waals surface area contributed by atoms with Crippen molar-refractivity contribution in [1.82, 2.24) is 9.47 Å². The van der Waals surface area contributed by atoms with Gasteiger partial charge >= 0.3 is 0 Å². The van der Waals surface area contributed by atoms with Crippen LogP contribution in [0.5, 0.6) is 0 Å². The van der Waals surface area contributed by atoms with E-state index in [1.807, 2.05) is 0 Å². The van der Waals surface area contributed by atoms with E-state index < -0.39 is 0 Å². The van der Waals surface area contributed by atoms with Gasteiger partial charge in [0.05, 0.1) is 6.10 Å². The molecule has 4 bridgehead atoms. The fraction of sp³-hybridized carbons (Fsp3) is 0.692. The van der Waals surface area contributed by atoms with E-state index in [-0.39, 0.29) is 6.10 Å². The summed E-state index contributed by atoms with van der Waals surface area (Å²) in [5, 5.41) is 12.7. The summed E-state index contributed by atoms with van der Waals surface area (Å²) in [4.78, 5) is 2.43. The molecule has 1 unspecified atom stereocenters. The lowest BCUT2D eigenvalue weighted by molar-refractivity contribution is -0.0774. The topological polar surface area (TPSA) is 28.4 Å². The van der Waals surface area contributed by atoms with Crippen molar-refractivity contribution in [2.24, 2.45) is 23.2 Å². The second kappa shape index (κ2) is 6.59. The number of aliphatic hydroxyl groups is 1. The Morgan fingerprint density at radius 2 is 1.79 bits per heavy atom. The Balaban J connectivity index is 1.29. The third kappa shape index (κ3) is 3.08. The molecule has 3 heteroatoms. The molecule has 4 aliphatic carbocycles. The SMILES string of the molecule is Cc1ccc2c(c1)c1c(n2CC(O)CC23CC4CC(CC(C4)C2)C3)CCN(C)C1. The van der Waals surface area contributed by atoms with Crippen LogP contribution >= 0.6 is 0 Å². The van der Waals surface area contributed by atoms with Gasteiger partial charge in [0.25, 0.3) is 0 Å². The van der Waals surface area contributed by atoms with E-state index in [1.165, 1.54) is 66.2 Å². The van der Waals surface area contributed by atoms with Crippen molar-refractivity contribution in [2.45, 2.75) is 77.5 Å². The maximum atomic E-state index is 11.3. The van der Waals surface area contributed by atoms with Crippen LogP contribution in [-0.2, 0) is 19.5 Å². The van der Waals surface area contributed by atoms with E-state index in [0.717, 1.165) is 50.2 Å². The standard InChI is InChI=1S/C26H36N2O/c1-17-3-4-24-22(7-17)23-16-27(2)6-5-25(23)28(24)15-21(29)14-26-11-18-8-19(12-26)10-20(9-18)13-26/h3-4,7,18-21,29H,5-6,8-16H2,1-2H3. The van der Waals surface area contributed by atoms with E-state index in [4.69, 9.17) is 0 Å². The molecular weight excluding hydrogens is 356 g/mol. The molecule has 0 saturated heterocycles. The number of rotatable bonds is 4. The number of benzene rings is 1. The third-order valence-electron chi connectivity index (χ3n) is 8.83. The Morgan fingerprint density at radius 1 is 1.10 bits per heavy atom. The van der Waals surface area contributed by atoms with Gasteiger partial charge in [-0.25, -0.2) is 0 Å². The number of hydrogen-bond acceptors (Lipinski definition) is 2. The molecule has 1 atom stereocenters. The molecule has 0 amide bonds. The first-order valence-corrected chi connectivity index (χ1v) is 12.0. The number of aryl methyl sites for hydroxylation is 1. The van der Waals surface area contributed by atoms with Gasteiger partial charge in [0, 0.05) is 42.7 Å². The quantitative estimate of drug-likeness (QED) is 0.801. The van der Waals surface area contributed by atoms with E-state index in [2.05, 4.69) is 41.6 Å². The zero-order chi connectivity index (χ0) is 19.8. The second-order valence-corrected chi connectivity index (χ2v) is 11.3. The highest BCUT2D eigenvalue weighted by atomic mass is 16.3. The van der Waals surface area contributed by atoms with E-state index >= 15 is 0 Å². The normalized spacial score (nSPS) is 34.7. The summed E-state index contributed by atoms with van der Waals surface area (Å²) in [5.74, 6) is 2.89. The first kappa shape index (κ1) is 18.4. The zero-order valence-electron chi connectivity index (χ0n) is 18.2. The first-order valence-electron chi connectivity index (χ1n) is 12.0. The lowest BCUT2D eigenvalue weighted by atomic mass is 9.48. The van der Waals surface area contributed by atoms with E-state index in [0.29, 0.717) is 5.41 Å². The van der Waals surface area contributed by atoms with Gasteiger partial charge in [-0.2, -0.15) is 0 Å². The van der Waals surface area contributed by atoms with Gasteiger partial charge in [0.2, 0.25) is 0 Å². The smallest absolute Gasteiger partial charge is 0.0724 e. The Hall–Kier alpha value is -1.32. The van der Waals surface area contributed by atoms with Crippen LogP contribution < -0.4 is 0 Å². The summed E-state index contributed by atoms with van der Waals surface area (Å²) in [6.07, 6.45) is 10.5. The van der Waals surface area contributed by atoms with Crippen LogP contribution in [-0.4, -0.2) is 34.3 Å². The van der Waals surface area contributed by atoms with Crippen LogP contribution in [0.3, 0.4) is 0 Å². The maximum absolute atomic E-state index is 11.3. The number of nitrogens with zero attached hydrogens (tertiary/aromatic N) is 2. The van der Waals surface area contributed by atoms with Crippen LogP contribution in [0.1, 0.15) is 61.8 Å². The second-order valence-electron chi connectivity index (χ2n) is 11.3. The Kier molecular flexibility index (Phi) is 4.19. The van der Waals surface area contributed by atoms with Gasteiger partial charge in [0.1, 0.15) is 0 Å². The molecule has 1 aliphatic heterocycles. The highest BCUT2D eigenvalue weighted by Gasteiger charge is 2.51. The molecule has 0 radical (unpaired) electrons. The minimum absolute atomic E-state index is 0.216. The van der Waals surface area contributed by atoms with Gasteiger partial charge in [-0.1, -0.05) is 11.6 Å². The predicted octanol–water partition coefficient (Wildman–Crippen LogP) is 4.91. The average Bonchev–Trinajstić information content (AvgIpc) is 2.92. The minimum Gasteiger partial charge on any atom is -0.391 e. The van der Waals surface area contributed by atoms with Gasteiger partial charge in [0.15, 0.2) is 0 Å². The highest BCUT2D eigenvalue weighted by molar-refractivity contribution is 5.86. The molecule has 7 rings (SSSR count). The van der Waals surface area contributed by atoms with Crippen LogP contribution in [0, 0.1) is 30.1 Å². The summed E-state index contributed by atoms with van der Waals surface area (Å²) in [5.41, 5.74) is 6.10. The molecule has 4 saturated carbocycles. The Bertz CT molecular complexity index is 907. The van der Waals surface area contributed by atoms with Crippen molar-refractivity contribution >= 4 is 10.9 Å². The van der Waals surface area contributed by atoms with Crippen LogP contribution in [0.4, 0.5) is 0 Å². The van der Waals surface area contributed by atoms with Crippen LogP contribution in [0.15, 0.2) is 18.2 Å². The Morgan fingerprint density at radius 3 is 2.48 bits per heavy atom. The van der Waals surface area contributed by atoms with E-state index in [1.54, 1.807) is 0 Å². The van der Waals surface area contributed by atoms with E-state index in [9.17, 15) is 5.11 Å². The minimum atomic E-state index is -0.216. The zero-order valence-corrected chi connectivity index (χ0v) is 18.2. The molecule has 2 heterocycles. The molecule has 0 spiro atoms. The molecule has 1 N–H and O–H groups in total. The Labute approximate surface area is 175 Å². The number of aromatic nitrogens is 1.